The minimum atomic E-state index is 0.706. The van der Waals surface area contributed by atoms with Gasteiger partial charge in [0.25, 0.3) is 0 Å². The molecule has 96 valence electrons. The zero-order valence-electron chi connectivity index (χ0n) is 11.2. The maximum atomic E-state index is 4.47. The van der Waals surface area contributed by atoms with Gasteiger partial charge in [-0.1, -0.05) is 13.8 Å². The predicted octanol–water partition coefficient (Wildman–Crippen LogP) is 2.61. The topological polar surface area (TPSA) is 29.9 Å². The van der Waals surface area contributed by atoms with E-state index in [2.05, 4.69) is 34.9 Å². The fourth-order valence-corrected chi connectivity index (χ4v) is 2.62. The molecular weight excluding hydrogens is 210 g/mol. The molecule has 3 nitrogen and oxygen atoms in total. The largest absolute Gasteiger partial charge is 0.335 e. The molecular formula is C14H25N3. The lowest BCUT2D eigenvalue weighted by atomic mass is 9.94. The van der Waals surface area contributed by atoms with E-state index < -0.39 is 0 Å². The van der Waals surface area contributed by atoms with Gasteiger partial charge in [-0.25, -0.2) is 4.98 Å². The maximum Gasteiger partial charge on any atom is 0.108 e. The summed E-state index contributed by atoms with van der Waals surface area (Å²) in [6, 6.07) is 0.706. The average Bonchev–Trinajstić information content (AvgIpc) is 2.77. The Bertz CT molecular complexity index is 324. The first-order valence-electron chi connectivity index (χ1n) is 7.03. The van der Waals surface area contributed by atoms with E-state index in [0.29, 0.717) is 6.04 Å². The fraction of sp³-hybridized carbons (Fsp3) is 0.786. The van der Waals surface area contributed by atoms with Crippen LogP contribution in [0.1, 0.15) is 45.4 Å². The predicted molar refractivity (Wildman–Crippen MR) is 71.0 cm³/mol. The number of imidazole rings is 1. The molecule has 2 rings (SSSR count). The summed E-state index contributed by atoms with van der Waals surface area (Å²) in [5.74, 6) is 2.11. The number of aromatic nitrogens is 2. The van der Waals surface area contributed by atoms with Gasteiger partial charge in [-0.2, -0.15) is 0 Å². The first-order valence-corrected chi connectivity index (χ1v) is 7.03. The molecule has 1 aliphatic rings. The lowest BCUT2D eigenvalue weighted by molar-refractivity contribution is 0.314. The fourth-order valence-electron chi connectivity index (χ4n) is 2.62. The van der Waals surface area contributed by atoms with E-state index in [0.717, 1.165) is 18.9 Å². The third kappa shape index (κ3) is 3.56. The van der Waals surface area contributed by atoms with Gasteiger partial charge in [0.1, 0.15) is 5.82 Å². The molecule has 1 aliphatic heterocycles. The van der Waals surface area contributed by atoms with Gasteiger partial charge in [0.2, 0.25) is 0 Å². The zero-order chi connectivity index (χ0) is 12.1. The summed E-state index contributed by atoms with van der Waals surface area (Å²) in [6.07, 6.45) is 10.3. The maximum absolute atomic E-state index is 4.47. The molecule has 0 saturated carbocycles. The van der Waals surface area contributed by atoms with Crippen LogP contribution >= 0.6 is 0 Å². The molecule has 0 spiro atoms. The van der Waals surface area contributed by atoms with Crippen LogP contribution in [-0.2, 0) is 13.0 Å². The summed E-state index contributed by atoms with van der Waals surface area (Å²) in [5.41, 5.74) is 0. The Hall–Kier alpha value is -0.830. The highest BCUT2D eigenvalue weighted by atomic mass is 15.1. The smallest absolute Gasteiger partial charge is 0.108 e. The molecule has 2 atom stereocenters. The van der Waals surface area contributed by atoms with Gasteiger partial charge >= 0.3 is 0 Å². The van der Waals surface area contributed by atoms with Gasteiger partial charge in [-0.3, -0.25) is 0 Å². The number of nitrogens with zero attached hydrogens (tertiary/aromatic N) is 2. The van der Waals surface area contributed by atoms with Crippen molar-refractivity contribution >= 4 is 0 Å². The van der Waals surface area contributed by atoms with Crippen molar-refractivity contribution in [3.63, 3.8) is 0 Å². The first-order chi connectivity index (χ1) is 8.29. The number of rotatable bonds is 5. The van der Waals surface area contributed by atoms with Crippen LogP contribution in [-0.4, -0.2) is 22.1 Å². The van der Waals surface area contributed by atoms with Crippen molar-refractivity contribution < 1.29 is 0 Å². The van der Waals surface area contributed by atoms with Crippen LogP contribution < -0.4 is 5.32 Å². The molecule has 1 N–H and O–H groups in total. The van der Waals surface area contributed by atoms with Crippen LogP contribution in [0.2, 0.25) is 0 Å². The van der Waals surface area contributed by atoms with Crippen molar-refractivity contribution in [2.24, 2.45) is 5.92 Å². The van der Waals surface area contributed by atoms with E-state index in [4.69, 9.17) is 0 Å². The van der Waals surface area contributed by atoms with E-state index in [-0.39, 0.29) is 0 Å². The van der Waals surface area contributed by atoms with Crippen molar-refractivity contribution in [1.29, 1.82) is 0 Å². The van der Waals surface area contributed by atoms with Gasteiger partial charge < -0.3 is 9.88 Å². The molecule has 1 aromatic rings. The van der Waals surface area contributed by atoms with Crippen molar-refractivity contribution in [2.75, 3.05) is 6.54 Å². The summed E-state index contributed by atoms with van der Waals surface area (Å²) in [6.45, 7) is 6.84. The summed E-state index contributed by atoms with van der Waals surface area (Å²) >= 11 is 0. The molecule has 1 fully saturated rings. The Morgan fingerprint density at radius 3 is 3.06 bits per heavy atom. The molecule has 0 aliphatic carbocycles. The van der Waals surface area contributed by atoms with Crippen LogP contribution in [0.15, 0.2) is 12.4 Å². The number of nitrogens with one attached hydrogen (secondary N) is 1. The van der Waals surface area contributed by atoms with E-state index >= 15 is 0 Å². The summed E-state index contributed by atoms with van der Waals surface area (Å²) < 4.78 is 2.30. The lowest BCUT2D eigenvalue weighted by Crippen LogP contribution is -2.38. The minimum absolute atomic E-state index is 0.706. The molecule has 0 aromatic carbocycles. The highest BCUT2D eigenvalue weighted by Crippen LogP contribution is 2.17. The second-order valence-electron chi connectivity index (χ2n) is 5.36. The van der Waals surface area contributed by atoms with Crippen LogP contribution in [0.4, 0.5) is 0 Å². The number of hydrogen-bond donors (Lipinski definition) is 1. The highest BCUT2D eigenvalue weighted by Gasteiger charge is 2.17. The van der Waals surface area contributed by atoms with Crippen LogP contribution in [0.25, 0.3) is 0 Å². The second kappa shape index (κ2) is 6.20. The lowest BCUT2D eigenvalue weighted by Gasteiger charge is -2.27. The molecule has 0 radical (unpaired) electrons. The van der Waals surface area contributed by atoms with Crippen LogP contribution in [0.3, 0.4) is 0 Å². The van der Waals surface area contributed by atoms with E-state index in [1.54, 1.807) is 0 Å². The van der Waals surface area contributed by atoms with E-state index in [9.17, 15) is 0 Å². The van der Waals surface area contributed by atoms with Gasteiger partial charge in [0, 0.05) is 31.4 Å². The molecule has 2 heterocycles. The second-order valence-corrected chi connectivity index (χ2v) is 5.36. The van der Waals surface area contributed by atoms with Gasteiger partial charge in [0.05, 0.1) is 0 Å². The monoisotopic (exact) mass is 235 g/mol. The van der Waals surface area contributed by atoms with Crippen LogP contribution in [0, 0.1) is 5.92 Å². The number of hydrogen-bond acceptors (Lipinski definition) is 2. The highest BCUT2D eigenvalue weighted by molar-refractivity contribution is 4.93. The molecule has 2 unspecified atom stereocenters. The van der Waals surface area contributed by atoms with Crippen molar-refractivity contribution in [2.45, 2.75) is 58.5 Å². The molecule has 1 saturated heterocycles. The Kier molecular flexibility index (Phi) is 4.60. The standard InChI is InChI=1S/C14H25N3/c1-3-9-17-10-8-15-14(17)7-6-13-5-4-12(2)11-16-13/h8,10,12-13,16H,3-7,9,11H2,1-2H3. The Morgan fingerprint density at radius 2 is 2.35 bits per heavy atom. The van der Waals surface area contributed by atoms with Crippen molar-refractivity contribution in [3.05, 3.63) is 18.2 Å². The Balaban J connectivity index is 1.79. The van der Waals surface area contributed by atoms with E-state index in [1.807, 2.05) is 6.20 Å². The Morgan fingerprint density at radius 1 is 1.47 bits per heavy atom. The zero-order valence-corrected chi connectivity index (χ0v) is 11.2. The average molecular weight is 235 g/mol. The Labute approximate surface area is 105 Å². The van der Waals surface area contributed by atoms with Gasteiger partial charge in [0.15, 0.2) is 0 Å². The van der Waals surface area contributed by atoms with Gasteiger partial charge in [-0.05, 0) is 38.1 Å². The van der Waals surface area contributed by atoms with Gasteiger partial charge in [-0.15, -0.1) is 0 Å². The minimum Gasteiger partial charge on any atom is -0.335 e. The summed E-state index contributed by atoms with van der Waals surface area (Å²) in [4.78, 5) is 4.47. The number of aryl methyl sites for hydroxylation is 2. The third-order valence-electron chi connectivity index (χ3n) is 3.75. The van der Waals surface area contributed by atoms with Crippen molar-refractivity contribution in [3.8, 4) is 0 Å². The number of piperidine rings is 1. The summed E-state index contributed by atoms with van der Waals surface area (Å²) in [7, 11) is 0. The molecule has 3 heteroatoms. The molecule has 0 bridgehead atoms. The quantitative estimate of drug-likeness (QED) is 0.850. The molecule has 17 heavy (non-hydrogen) atoms. The SMILES string of the molecule is CCCn1ccnc1CCC1CCC(C)CN1. The third-order valence-corrected chi connectivity index (χ3v) is 3.75. The first kappa shape index (κ1) is 12.6. The van der Waals surface area contributed by atoms with Crippen LogP contribution in [0.5, 0.6) is 0 Å². The van der Waals surface area contributed by atoms with E-state index in [1.165, 1.54) is 38.1 Å². The summed E-state index contributed by atoms with van der Waals surface area (Å²) in [5, 5.41) is 3.65. The normalized spacial score (nSPS) is 25.1. The molecule has 1 aromatic heterocycles. The van der Waals surface area contributed by atoms with Crippen molar-refractivity contribution in [1.82, 2.24) is 14.9 Å². The molecule has 0 amide bonds.